The standard InChI is InChI=1S/C12H13ClN2OS/c1-8-5-15-12(17-8)7-14-6-9-10(13)3-2-4-11(9)16/h2-5,14,16H,6-7H2,1H3. The van der Waals surface area contributed by atoms with Gasteiger partial charge in [-0.1, -0.05) is 17.7 Å². The van der Waals surface area contributed by atoms with Gasteiger partial charge in [-0.25, -0.2) is 4.98 Å². The smallest absolute Gasteiger partial charge is 0.121 e. The van der Waals surface area contributed by atoms with Crippen molar-refractivity contribution in [2.45, 2.75) is 20.0 Å². The fourth-order valence-electron chi connectivity index (χ4n) is 1.50. The maximum atomic E-state index is 9.66. The Balaban J connectivity index is 1.94. The highest BCUT2D eigenvalue weighted by atomic mass is 35.5. The van der Waals surface area contributed by atoms with Crippen LogP contribution in [0.25, 0.3) is 0 Å². The van der Waals surface area contributed by atoms with Gasteiger partial charge in [0.15, 0.2) is 0 Å². The molecule has 5 heteroatoms. The fraction of sp³-hybridized carbons (Fsp3) is 0.250. The third kappa shape index (κ3) is 3.19. The summed E-state index contributed by atoms with van der Waals surface area (Å²) in [6, 6.07) is 5.13. The van der Waals surface area contributed by atoms with Gasteiger partial charge in [0.2, 0.25) is 0 Å². The summed E-state index contributed by atoms with van der Waals surface area (Å²) in [6.07, 6.45) is 1.86. The molecule has 0 bridgehead atoms. The maximum absolute atomic E-state index is 9.66. The van der Waals surface area contributed by atoms with Crippen molar-refractivity contribution in [2.75, 3.05) is 0 Å². The molecule has 1 aromatic heterocycles. The third-order valence-corrected chi connectivity index (χ3v) is 3.61. The van der Waals surface area contributed by atoms with E-state index < -0.39 is 0 Å². The number of phenolic OH excluding ortho intramolecular Hbond substituents is 1. The van der Waals surface area contributed by atoms with Gasteiger partial charge in [0.25, 0.3) is 0 Å². The van der Waals surface area contributed by atoms with E-state index >= 15 is 0 Å². The summed E-state index contributed by atoms with van der Waals surface area (Å²) in [5.41, 5.74) is 0.724. The van der Waals surface area contributed by atoms with E-state index in [1.54, 1.807) is 29.5 Å². The lowest BCUT2D eigenvalue weighted by atomic mass is 10.2. The normalized spacial score (nSPS) is 10.7. The average molecular weight is 269 g/mol. The molecule has 17 heavy (non-hydrogen) atoms. The second-order valence-corrected chi connectivity index (χ2v) is 5.43. The molecule has 90 valence electrons. The first-order valence-electron chi connectivity index (χ1n) is 5.25. The summed E-state index contributed by atoms with van der Waals surface area (Å²) in [7, 11) is 0. The molecular formula is C12H13ClN2OS. The zero-order valence-corrected chi connectivity index (χ0v) is 11.0. The predicted octanol–water partition coefficient (Wildman–Crippen LogP) is 3.10. The summed E-state index contributed by atoms with van der Waals surface area (Å²) in [4.78, 5) is 5.45. The van der Waals surface area contributed by atoms with Crippen LogP contribution >= 0.6 is 22.9 Å². The van der Waals surface area contributed by atoms with E-state index in [1.165, 1.54) is 4.88 Å². The van der Waals surface area contributed by atoms with Crippen LogP contribution in [0.2, 0.25) is 5.02 Å². The first kappa shape index (κ1) is 12.4. The van der Waals surface area contributed by atoms with Crippen molar-refractivity contribution in [1.82, 2.24) is 10.3 Å². The molecule has 1 heterocycles. The zero-order chi connectivity index (χ0) is 12.3. The summed E-state index contributed by atoms with van der Waals surface area (Å²) < 4.78 is 0. The zero-order valence-electron chi connectivity index (χ0n) is 9.40. The number of aromatic nitrogens is 1. The molecule has 0 amide bonds. The summed E-state index contributed by atoms with van der Waals surface area (Å²) in [5, 5.41) is 14.5. The molecule has 0 aliphatic heterocycles. The minimum atomic E-state index is 0.223. The van der Waals surface area contributed by atoms with Crippen LogP contribution in [0.1, 0.15) is 15.4 Å². The highest BCUT2D eigenvalue weighted by Gasteiger charge is 2.05. The molecule has 2 N–H and O–H groups in total. The minimum absolute atomic E-state index is 0.223. The van der Waals surface area contributed by atoms with Crippen molar-refractivity contribution >= 4 is 22.9 Å². The number of phenols is 1. The number of aryl methyl sites for hydroxylation is 1. The van der Waals surface area contributed by atoms with Crippen molar-refractivity contribution in [3.63, 3.8) is 0 Å². The van der Waals surface area contributed by atoms with Gasteiger partial charge < -0.3 is 10.4 Å². The Morgan fingerprint density at radius 1 is 1.41 bits per heavy atom. The third-order valence-electron chi connectivity index (χ3n) is 2.34. The average Bonchev–Trinajstić information content (AvgIpc) is 2.69. The molecule has 2 aromatic rings. The summed E-state index contributed by atoms with van der Waals surface area (Å²) >= 11 is 7.66. The summed E-state index contributed by atoms with van der Waals surface area (Å²) in [5.74, 6) is 0.223. The van der Waals surface area contributed by atoms with Crippen LogP contribution < -0.4 is 5.32 Å². The van der Waals surface area contributed by atoms with Crippen LogP contribution in [-0.4, -0.2) is 10.1 Å². The molecule has 2 rings (SSSR count). The second-order valence-electron chi connectivity index (χ2n) is 3.71. The largest absolute Gasteiger partial charge is 0.508 e. The Morgan fingerprint density at radius 3 is 2.88 bits per heavy atom. The van der Waals surface area contributed by atoms with Crippen LogP contribution in [0, 0.1) is 6.92 Å². The van der Waals surface area contributed by atoms with E-state index in [4.69, 9.17) is 11.6 Å². The van der Waals surface area contributed by atoms with Crippen LogP contribution in [0.15, 0.2) is 24.4 Å². The maximum Gasteiger partial charge on any atom is 0.121 e. The monoisotopic (exact) mass is 268 g/mol. The topological polar surface area (TPSA) is 45.2 Å². The Hall–Kier alpha value is -1.10. The van der Waals surface area contributed by atoms with Gasteiger partial charge in [-0.05, 0) is 19.1 Å². The van der Waals surface area contributed by atoms with E-state index in [0.717, 1.165) is 10.6 Å². The minimum Gasteiger partial charge on any atom is -0.508 e. The SMILES string of the molecule is Cc1cnc(CNCc2c(O)cccc2Cl)s1. The Bertz CT molecular complexity index is 493. The van der Waals surface area contributed by atoms with Gasteiger partial charge in [0.05, 0.1) is 0 Å². The molecule has 1 aromatic carbocycles. The lowest BCUT2D eigenvalue weighted by Crippen LogP contribution is -2.12. The van der Waals surface area contributed by atoms with Crippen LogP contribution in [0.4, 0.5) is 0 Å². The van der Waals surface area contributed by atoms with Crippen LogP contribution in [0.5, 0.6) is 5.75 Å². The first-order chi connectivity index (χ1) is 8.16. The predicted molar refractivity (Wildman–Crippen MR) is 70.5 cm³/mol. The lowest BCUT2D eigenvalue weighted by Gasteiger charge is -2.07. The molecule has 3 nitrogen and oxygen atoms in total. The Kier molecular flexibility index (Phi) is 3.99. The van der Waals surface area contributed by atoms with Gasteiger partial charge in [-0.2, -0.15) is 0 Å². The van der Waals surface area contributed by atoms with E-state index in [9.17, 15) is 5.11 Å². The van der Waals surface area contributed by atoms with Crippen molar-refractivity contribution in [2.24, 2.45) is 0 Å². The first-order valence-corrected chi connectivity index (χ1v) is 6.44. The van der Waals surface area contributed by atoms with Crippen molar-refractivity contribution in [3.8, 4) is 5.75 Å². The molecule has 0 unspecified atom stereocenters. The lowest BCUT2D eigenvalue weighted by molar-refractivity contribution is 0.464. The van der Waals surface area contributed by atoms with Gasteiger partial charge in [-0.3, -0.25) is 0 Å². The number of rotatable bonds is 4. The van der Waals surface area contributed by atoms with E-state index in [-0.39, 0.29) is 5.75 Å². The van der Waals surface area contributed by atoms with E-state index in [0.29, 0.717) is 18.1 Å². The fourth-order valence-corrected chi connectivity index (χ4v) is 2.49. The van der Waals surface area contributed by atoms with Crippen molar-refractivity contribution < 1.29 is 5.11 Å². The number of aromatic hydroxyl groups is 1. The Labute approximate surface area is 109 Å². The molecule has 0 atom stereocenters. The van der Waals surface area contributed by atoms with Gasteiger partial charge in [-0.15, -0.1) is 11.3 Å². The van der Waals surface area contributed by atoms with Crippen molar-refractivity contribution in [1.29, 1.82) is 0 Å². The number of nitrogens with zero attached hydrogens (tertiary/aromatic N) is 1. The molecule has 0 radical (unpaired) electrons. The number of hydrogen-bond acceptors (Lipinski definition) is 4. The Morgan fingerprint density at radius 2 is 2.24 bits per heavy atom. The highest BCUT2D eigenvalue weighted by molar-refractivity contribution is 7.11. The second kappa shape index (κ2) is 5.49. The van der Waals surface area contributed by atoms with Crippen LogP contribution in [0.3, 0.4) is 0 Å². The van der Waals surface area contributed by atoms with Gasteiger partial charge in [0.1, 0.15) is 10.8 Å². The van der Waals surface area contributed by atoms with E-state index in [1.807, 2.05) is 13.1 Å². The number of nitrogens with one attached hydrogen (secondary N) is 1. The molecule has 0 saturated carbocycles. The molecular weight excluding hydrogens is 256 g/mol. The molecule has 0 saturated heterocycles. The van der Waals surface area contributed by atoms with Gasteiger partial charge >= 0.3 is 0 Å². The number of halogens is 1. The molecule has 0 spiro atoms. The highest BCUT2D eigenvalue weighted by Crippen LogP contribution is 2.24. The van der Waals surface area contributed by atoms with Crippen LogP contribution in [-0.2, 0) is 13.1 Å². The molecule has 0 fully saturated rings. The van der Waals surface area contributed by atoms with Gasteiger partial charge in [0, 0.05) is 34.7 Å². The molecule has 0 aliphatic carbocycles. The number of benzene rings is 1. The number of thiazole rings is 1. The van der Waals surface area contributed by atoms with Crippen molar-refractivity contribution in [3.05, 3.63) is 44.9 Å². The molecule has 0 aliphatic rings. The quantitative estimate of drug-likeness (QED) is 0.896. The number of hydrogen-bond donors (Lipinski definition) is 2. The van der Waals surface area contributed by atoms with E-state index in [2.05, 4.69) is 10.3 Å². The summed E-state index contributed by atoms with van der Waals surface area (Å²) in [6.45, 7) is 3.24.